The largest absolute Gasteiger partial charge is 0.756 e. The highest BCUT2D eigenvalue weighted by Crippen LogP contribution is 2.57. The summed E-state index contributed by atoms with van der Waals surface area (Å²) in [7, 11) is -12.0. The predicted molar refractivity (Wildman–Crippen MR) is 129 cm³/mol. The summed E-state index contributed by atoms with van der Waals surface area (Å²) in [5.74, 6) is -2.66. The number of hydrogen-bond donors (Lipinski definition) is 6. The quantitative estimate of drug-likeness (QED) is 0.106. The molecule has 2 fully saturated rings. The number of carbonyl (C=O) groups is 2. The molecule has 2 aliphatic heterocycles. The van der Waals surface area contributed by atoms with Crippen molar-refractivity contribution in [1.82, 2.24) is 14.9 Å². The first-order chi connectivity index (χ1) is 20.4. The summed E-state index contributed by atoms with van der Waals surface area (Å²) in [6, 6.07) is -0.935. The molecule has 44 heavy (non-hydrogen) atoms. The number of amides is 1. The Bertz CT molecular complexity index is 1400. The number of aromatic nitrogens is 2. The molecule has 24 heteroatoms. The molecular weight excluding hydrogens is 648 g/mol. The molecule has 1 aromatic rings. The topological polar surface area (TPSA) is 341 Å². The number of aliphatic hydroxyl groups excluding tert-OH is 4. The van der Waals surface area contributed by atoms with Gasteiger partial charge in [0.25, 0.3) is 21.2 Å². The van der Waals surface area contributed by atoms with Crippen LogP contribution in [0.15, 0.2) is 21.9 Å². The molecule has 12 atom stereocenters. The van der Waals surface area contributed by atoms with Crippen LogP contribution in [0.25, 0.3) is 0 Å². The molecule has 3 heterocycles. The minimum Gasteiger partial charge on any atom is -0.756 e. The van der Waals surface area contributed by atoms with E-state index in [1.54, 1.807) is 0 Å². The van der Waals surface area contributed by atoms with Crippen molar-refractivity contribution < 1.29 is 81.6 Å². The van der Waals surface area contributed by atoms with Crippen LogP contribution in [0.4, 0.5) is 0 Å². The Morgan fingerprint density at radius 3 is 2.34 bits per heavy atom. The predicted octanol–water partition coefficient (Wildman–Crippen LogP) is -6.75. The Labute approximate surface area is 245 Å². The first-order valence-corrected chi connectivity index (χ1v) is 15.3. The number of aliphatic hydroxyl groups is 4. The van der Waals surface area contributed by atoms with Gasteiger partial charge in [-0.25, -0.2) is 9.11 Å². The lowest BCUT2D eigenvalue weighted by molar-refractivity contribution is -0.326. The SMILES string of the molecule is CC(=O)N[C@H]1C(OP(=O)([O-])OP(=O)([O-])OC[C@H]2O[C@@H](n3ccc(=O)[nH]c3=O)[C@H](O)[C@@H]2O)O[C@H](CO)[C@@H](O)[C@@H]1O[C@H](C)C(=O)[O-]. The van der Waals surface area contributed by atoms with E-state index in [1.807, 2.05) is 4.98 Å². The average Bonchev–Trinajstić information content (AvgIpc) is 3.18. The van der Waals surface area contributed by atoms with Gasteiger partial charge in [0.15, 0.2) is 12.5 Å². The number of nitrogens with zero attached hydrogens (tertiary/aromatic N) is 1. The zero-order chi connectivity index (χ0) is 33.1. The Balaban J connectivity index is 1.72. The molecule has 1 amide bonds. The van der Waals surface area contributed by atoms with Gasteiger partial charge in [-0.2, -0.15) is 0 Å². The number of carboxylic acids is 1. The van der Waals surface area contributed by atoms with Crippen molar-refractivity contribution in [2.45, 2.75) is 75.1 Å². The first-order valence-electron chi connectivity index (χ1n) is 12.4. The third-order valence-corrected chi connectivity index (χ3v) is 8.74. The van der Waals surface area contributed by atoms with Gasteiger partial charge in [0.1, 0.15) is 42.7 Å². The number of aromatic amines is 1. The number of H-pyrrole nitrogens is 1. The molecule has 0 bridgehead atoms. The van der Waals surface area contributed by atoms with Gasteiger partial charge in [0, 0.05) is 19.2 Å². The van der Waals surface area contributed by atoms with Crippen molar-refractivity contribution in [2.75, 3.05) is 13.2 Å². The second-order valence-corrected chi connectivity index (χ2v) is 12.4. The van der Waals surface area contributed by atoms with Crippen molar-refractivity contribution in [2.24, 2.45) is 0 Å². The van der Waals surface area contributed by atoms with E-state index in [4.69, 9.17) is 14.2 Å². The summed E-state index contributed by atoms with van der Waals surface area (Å²) in [6.07, 6.45) is -15.5. The van der Waals surface area contributed by atoms with Crippen LogP contribution in [-0.4, -0.2) is 110 Å². The van der Waals surface area contributed by atoms with E-state index in [-0.39, 0.29) is 0 Å². The number of carboxylic acid groups (broad SMARTS) is 1. The number of hydrogen-bond acceptors (Lipinski definition) is 19. The zero-order valence-electron chi connectivity index (χ0n) is 22.6. The Morgan fingerprint density at radius 1 is 1.11 bits per heavy atom. The van der Waals surface area contributed by atoms with Gasteiger partial charge in [0.05, 0.1) is 25.3 Å². The van der Waals surface area contributed by atoms with Gasteiger partial charge in [0.2, 0.25) is 5.91 Å². The maximum absolute atomic E-state index is 12.6. The number of aliphatic carboxylic acids is 1. The Kier molecular flexibility index (Phi) is 11.8. The fourth-order valence-corrected chi connectivity index (χ4v) is 6.27. The van der Waals surface area contributed by atoms with E-state index >= 15 is 0 Å². The average molecular weight is 676 g/mol. The van der Waals surface area contributed by atoms with Gasteiger partial charge >= 0.3 is 5.69 Å². The number of carbonyl (C=O) groups excluding carboxylic acids is 2. The van der Waals surface area contributed by atoms with Gasteiger partial charge in [-0.05, 0) is 6.92 Å². The van der Waals surface area contributed by atoms with Crippen LogP contribution in [-0.2, 0) is 46.3 Å². The highest BCUT2D eigenvalue weighted by atomic mass is 31.3. The van der Waals surface area contributed by atoms with Crippen LogP contribution in [0, 0.1) is 0 Å². The third-order valence-electron chi connectivity index (χ3n) is 6.21. The summed E-state index contributed by atoms with van der Waals surface area (Å²) >= 11 is 0. The first kappa shape index (κ1) is 36.1. The Hall–Kier alpha value is -2.40. The smallest absolute Gasteiger partial charge is 0.330 e. The second kappa shape index (κ2) is 14.4. The van der Waals surface area contributed by atoms with E-state index < -0.39 is 113 Å². The van der Waals surface area contributed by atoms with Gasteiger partial charge in [-0.15, -0.1) is 0 Å². The van der Waals surface area contributed by atoms with Crippen LogP contribution in [0.5, 0.6) is 0 Å². The zero-order valence-corrected chi connectivity index (χ0v) is 24.4. The molecule has 0 saturated carbocycles. The number of nitrogens with one attached hydrogen (secondary N) is 2. The molecule has 6 N–H and O–H groups in total. The molecule has 3 unspecified atom stereocenters. The van der Waals surface area contributed by atoms with E-state index in [0.29, 0.717) is 4.57 Å². The van der Waals surface area contributed by atoms with E-state index in [2.05, 4.69) is 18.7 Å². The summed E-state index contributed by atoms with van der Waals surface area (Å²) in [6.45, 7) is -0.271. The van der Waals surface area contributed by atoms with Crippen LogP contribution < -0.4 is 31.5 Å². The third kappa shape index (κ3) is 8.86. The van der Waals surface area contributed by atoms with Gasteiger partial charge in [-0.1, -0.05) is 0 Å². The molecule has 250 valence electrons. The van der Waals surface area contributed by atoms with Crippen molar-refractivity contribution in [3.05, 3.63) is 33.1 Å². The fourth-order valence-electron chi connectivity index (χ4n) is 4.18. The highest BCUT2D eigenvalue weighted by Gasteiger charge is 2.49. The van der Waals surface area contributed by atoms with Crippen LogP contribution in [0.1, 0.15) is 20.1 Å². The second-order valence-electron chi connectivity index (χ2n) is 9.45. The van der Waals surface area contributed by atoms with E-state index in [9.17, 15) is 63.6 Å². The van der Waals surface area contributed by atoms with Gasteiger partial charge in [-0.3, -0.25) is 32.8 Å². The van der Waals surface area contributed by atoms with Gasteiger partial charge < -0.3 is 64.2 Å². The van der Waals surface area contributed by atoms with Crippen molar-refractivity contribution in [1.29, 1.82) is 0 Å². The van der Waals surface area contributed by atoms with E-state index in [0.717, 1.165) is 26.1 Å². The number of phosphoric ester groups is 2. The molecule has 2 aliphatic rings. The van der Waals surface area contributed by atoms with Crippen molar-refractivity contribution in [3.8, 4) is 0 Å². The fraction of sp³-hybridized carbons (Fsp3) is 0.700. The number of ether oxygens (including phenoxy) is 3. The summed E-state index contributed by atoms with van der Waals surface area (Å²) in [5, 5.41) is 53.7. The van der Waals surface area contributed by atoms with Crippen LogP contribution in [0.2, 0.25) is 0 Å². The van der Waals surface area contributed by atoms with E-state index in [1.165, 1.54) is 0 Å². The van der Waals surface area contributed by atoms with Crippen molar-refractivity contribution in [3.63, 3.8) is 0 Å². The molecule has 1 aromatic heterocycles. The minimum absolute atomic E-state index is 0.680. The number of rotatable bonds is 13. The highest BCUT2D eigenvalue weighted by molar-refractivity contribution is 7.59. The maximum atomic E-state index is 12.6. The minimum atomic E-state index is -6.07. The molecule has 0 spiro atoms. The molecule has 0 aromatic carbocycles. The monoisotopic (exact) mass is 676 g/mol. The standard InChI is InChI=1S/C20H31N3O19P2/c1-7(18(30)31)38-16-12(21-8(2)25)19(40-9(5-24)14(16)28)41-44(35,36)42-43(33,34)37-6-10-13(27)15(29)17(39-10)23-4-3-11(26)22-20(23)32/h3-4,7,9-10,12-17,19,24,27-29H,5-6H2,1-2H3,(H,21,25)(H,30,31)(H,33,34)(H,35,36)(H,22,26,32)/p-3/t7-,9-,10-,12-,13-,14-,15-,16-,17-,19?/m1/s1. The molecule has 2 saturated heterocycles. The van der Waals surface area contributed by atoms with Crippen LogP contribution >= 0.6 is 15.6 Å². The van der Waals surface area contributed by atoms with Crippen LogP contribution in [0.3, 0.4) is 0 Å². The maximum Gasteiger partial charge on any atom is 0.330 e. The molecule has 0 radical (unpaired) electrons. The summed E-state index contributed by atoms with van der Waals surface area (Å²) < 4.78 is 54.2. The Morgan fingerprint density at radius 2 is 1.77 bits per heavy atom. The van der Waals surface area contributed by atoms with Crippen molar-refractivity contribution >= 4 is 27.5 Å². The molecule has 22 nitrogen and oxygen atoms in total. The lowest BCUT2D eigenvalue weighted by atomic mass is 9.96. The molecule has 3 rings (SSSR count). The summed E-state index contributed by atoms with van der Waals surface area (Å²) in [4.78, 5) is 72.9. The lowest BCUT2D eigenvalue weighted by Crippen LogP contribution is -2.66. The summed E-state index contributed by atoms with van der Waals surface area (Å²) in [5.41, 5.74) is -1.83. The lowest BCUT2D eigenvalue weighted by Gasteiger charge is -2.46. The molecular formula is C20H28N3O19P2-3. The molecule has 0 aliphatic carbocycles. The normalized spacial score (nSPS) is 34.0. The number of phosphoric acid groups is 2.